The molecule has 1 aromatic rings. The molecule has 1 unspecified atom stereocenters. The number of halogens is 1. The van der Waals surface area contributed by atoms with Gasteiger partial charge in [0, 0.05) is 24.2 Å². The van der Waals surface area contributed by atoms with Gasteiger partial charge < -0.3 is 10.5 Å². The Hall–Kier alpha value is -0.420. The molecule has 0 aliphatic carbocycles. The van der Waals surface area contributed by atoms with Crippen molar-refractivity contribution in [1.29, 1.82) is 0 Å². The van der Waals surface area contributed by atoms with Gasteiger partial charge >= 0.3 is 0 Å². The lowest BCUT2D eigenvalue weighted by Crippen LogP contribution is -2.35. The Balaban J connectivity index is 2.60. The van der Waals surface area contributed by atoms with Crippen LogP contribution in [0.1, 0.15) is 18.4 Å². The Morgan fingerprint density at radius 1 is 1.39 bits per heavy atom. The fourth-order valence-electron chi connectivity index (χ4n) is 2.00. The molecule has 1 atom stereocenters. The van der Waals surface area contributed by atoms with Gasteiger partial charge in [0.05, 0.1) is 6.61 Å². The van der Waals surface area contributed by atoms with Crippen LogP contribution in [0, 0.1) is 0 Å². The maximum atomic E-state index is 5.58. The minimum absolute atomic E-state index is 0.422. The van der Waals surface area contributed by atoms with Crippen LogP contribution in [-0.2, 0) is 11.3 Å². The van der Waals surface area contributed by atoms with E-state index in [1.165, 1.54) is 5.56 Å². The van der Waals surface area contributed by atoms with Gasteiger partial charge in [-0.1, -0.05) is 34.1 Å². The number of likely N-dealkylation sites (N-methyl/N-ethyl adjacent to an activating group) is 1. The molecule has 2 N–H and O–H groups in total. The van der Waals surface area contributed by atoms with Crippen LogP contribution in [0.5, 0.6) is 0 Å². The highest BCUT2D eigenvalue weighted by atomic mass is 79.9. The second-order valence-electron chi connectivity index (χ2n) is 4.55. The Bertz CT molecular complexity index is 346. The highest BCUT2D eigenvalue weighted by Gasteiger charge is 2.15. The molecular formula is C14H23BrN2O. The van der Waals surface area contributed by atoms with Gasteiger partial charge in [-0.05, 0) is 38.1 Å². The van der Waals surface area contributed by atoms with Crippen LogP contribution in [0.4, 0.5) is 0 Å². The zero-order valence-corrected chi connectivity index (χ0v) is 12.8. The normalized spacial score (nSPS) is 12.9. The minimum atomic E-state index is 0.422. The van der Waals surface area contributed by atoms with Crippen LogP contribution >= 0.6 is 15.9 Å². The molecule has 1 rings (SSSR count). The molecule has 1 aromatic carbocycles. The predicted octanol–water partition coefficient (Wildman–Crippen LogP) is 2.63. The monoisotopic (exact) mass is 314 g/mol. The molecule has 4 heteroatoms. The van der Waals surface area contributed by atoms with Crippen LogP contribution in [-0.4, -0.2) is 38.3 Å². The standard InChI is InChI=1S/C14H23BrN2O/c1-17(13(11-18-2)7-5-9-16)10-12-6-3-4-8-14(12)15/h3-4,6,8,13H,5,7,9-11,16H2,1-2H3. The van der Waals surface area contributed by atoms with Gasteiger partial charge in [0.1, 0.15) is 0 Å². The summed E-state index contributed by atoms with van der Waals surface area (Å²) in [5, 5.41) is 0. The second-order valence-corrected chi connectivity index (χ2v) is 5.40. The first-order chi connectivity index (χ1) is 8.69. The first-order valence-electron chi connectivity index (χ1n) is 6.31. The fourth-order valence-corrected chi connectivity index (χ4v) is 2.41. The average molecular weight is 315 g/mol. The zero-order valence-electron chi connectivity index (χ0n) is 11.2. The number of methoxy groups -OCH3 is 1. The summed E-state index contributed by atoms with van der Waals surface area (Å²) in [5.41, 5.74) is 6.88. The number of rotatable bonds is 8. The maximum absolute atomic E-state index is 5.58. The van der Waals surface area contributed by atoms with E-state index in [1.807, 2.05) is 6.07 Å². The van der Waals surface area contributed by atoms with Crippen molar-refractivity contribution in [3.05, 3.63) is 34.3 Å². The van der Waals surface area contributed by atoms with Crippen molar-refractivity contribution in [1.82, 2.24) is 4.90 Å². The van der Waals surface area contributed by atoms with Gasteiger partial charge in [-0.2, -0.15) is 0 Å². The van der Waals surface area contributed by atoms with Crippen LogP contribution in [0.25, 0.3) is 0 Å². The molecule has 0 aliphatic rings. The van der Waals surface area contributed by atoms with E-state index in [9.17, 15) is 0 Å². The van der Waals surface area contributed by atoms with E-state index >= 15 is 0 Å². The lowest BCUT2D eigenvalue weighted by molar-refractivity contribution is 0.0961. The second kappa shape index (κ2) is 8.64. The van der Waals surface area contributed by atoms with Crippen molar-refractivity contribution in [2.45, 2.75) is 25.4 Å². The third-order valence-corrected chi connectivity index (χ3v) is 3.88. The van der Waals surface area contributed by atoms with E-state index in [1.54, 1.807) is 7.11 Å². The summed E-state index contributed by atoms with van der Waals surface area (Å²) in [6.45, 7) is 2.41. The van der Waals surface area contributed by atoms with E-state index in [4.69, 9.17) is 10.5 Å². The summed E-state index contributed by atoms with van der Waals surface area (Å²) < 4.78 is 6.46. The minimum Gasteiger partial charge on any atom is -0.383 e. The lowest BCUT2D eigenvalue weighted by Gasteiger charge is -2.28. The molecule has 0 bridgehead atoms. The van der Waals surface area contributed by atoms with E-state index < -0.39 is 0 Å². The summed E-state index contributed by atoms with van der Waals surface area (Å²) in [6.07, 6.45) is 2.11. The highest BCUT2D eigenvalue weighted by molar-refractivity contribution is 9.10. The number of benzene rings is 1. The van der Waals surface area contributed by atoms with Crippen molar-refractivity contribution in [2.75, 3.05) is 27.3 Å². The molecule has 0 aromatic heterocycles. The topological polar surface area (TPSA) is 38.5 Å². The molecule has 3 nitrogen and oxygen atoms in total. The molecule has 0 saturated carbocycles. The predicted molar refractivity (Wildman–Crippen MR) is 79.6 cm³/mol. The van der Waals surface area contributed by atoms with Gasteiger partial charge in [-0.3, -0.25) is 4.90 Å². The molecule has 0 fully saturated rings. The smallest absolute Gasteiger partial charge is 0.0618 e. The Morgan fingerprint density at radius 2 is 2.11 bits per heavy atom. The van der Waals surface area contributed by atoms with Crippen LogP contribution in [0.3, 0.4) is 0 Å². The number of ether oxygens (including phenoxy) is 1. The molecular weight excluding hydrogens is 292 g/mol. The van der Waals surface area contributed by atoms with E-state index in [-0.39, 0.29) is 0 Å². The van der Waals surface area contributed by atoms with Crippen molar-refractivity contribution in [3.63, 3.8) is 0 Å². The SMILES string of the molecule is COCC(CCCN)N(C)Cc1ccccc1Br. The summed E-state index contributed by atoms with van der Waals surface area (Å²) >= 11 is 3.59. The number of hydrogen-bond donors (Lipinski definition) is 1. The van der Waals surface area contributed by atoms with Gasteiger partial charge in [-0.15, -0.1) is 0 Å². The highest BCUT2D eigenvalue weighted by Crippen LogP contribution is 2.19. The zero-order chi connectivity index (χ0) is 13.4. The number of nitrogens with zero attached hydrogens (tertiary/aromatic N) is 1. The van der Waals surface area contributed by atoms with Crippen molar-refractivity contribution in [2.24, 2.45) is 5.73 Å². The third-order valence-electron chi connectivity index (χ3n) is 3.10. The number of hydrogen-bond acceptors (Lipinski definition) is 3. The van der Waals surface area contributed by atoms with E-state index in [2.05, 4.69) is 46.1 Å². The molecule has 0 radical (unpaired) electrons. The Kier molecular flexibility index (Phi) is 7.51. The van der Waals surface area contributed by atoms with Crippen molar-refractivity contribution < 1.29 is 4.74 Å². The Morgan fingerprint density at radius 3 is 2.72 bits per heavy atom. The first-order valence-corrected chi connectivity index (χ1v) is 7.11. The summed E-state index contributed by atoms with van der Waals surface area (Å²) in [4.78, 5) is 2.33. The van der Waals surface area contributed by atoms with E-state index in [0.717, 1.165) is 37.0 Å². The molecule has 0 aliphatic heterocycles. The quantitative estimate of drug-likeness (QED) is 0.801. The molecule has 18 heavy (non-hydrogen) atoms. The van der Waals surface area contributed by atoms with Gasteiger partial charge in [0.25, 0.3) is 0 Å². The number of nitrogens with two attached hydrogens (primary N) is 1. The van der Waals surface area contributed by atoms with Crippen molar-refractivity contribution >= 4 is 15.9 Å². The van der Waals surface area contributed by atoms with E-state index in [0.29, 0.717) is 6.04 Å². The average Bonchev–Trinajstić information content (AvgIpc) is 2.37. The molecule has 0 heterocycles. The lowest BCUT2D eigenvalue weighted by atomic mass is 10.1. The molecule has 102 valence electrons. The maximum Gasteiger partial charge on any atom is 0.0618 e. The summed E-state index contributed by atoms with van der Waals surface area (Å²) in [7, 11) is 3.89. The van der Waals surface area contributed by atoms with Crippen molar-refractivity contribution in [3.8, 4) is 0 Å². The third kappa shape index (κ3) is 5.06. The Labute approximate surface area is 118 Å². The largest absolute Gasteiger partial charge is 0.383 e. The molecule has 0 saturated heterocycles. The molecule has 0 amide bonds. The fraction of sp³-hybridized carbons (Fsp3) is 0.571. The molecule has 0 spiro atoms. The van der Waals surface area contributed by atoms with Crippen LogP contribution in [0.2, 0.25) is 0 Å². The summed E-state index contributed by atoms with van der Waals surface area (Å²) in [6, 6.07) is 8.75. The van der Waals surface area contributed by atoms with Crippen LogP contribution in [0.15, 0.2) is 28.7 Å². The van der Waals surface area contributed by atoms with Gasteiger partial charge in [0.2, 0.25) is 0 Å². The van der Waals surface area contributed by atoms with Gasteiger partial charge in [0.15, 0.2) is 0 Å². The first kappa shape index (κ1) is 15.6. The summed E-state index contributed by atoms with van der Waals surface area (Å²) in [5.74, 6) is 0. The van der Waals surface area contributed by atoms with Crippen LogP contribution < -0.4 is 5.73 Å². The van der Waals surface area contributed by atoms with Gasteiger partial charge in [-0.25, -0.2) is 0 Å².